The molecule has 0 spiro atoms. The molecular weight excluding hydrogens is 392 g/mol. The molecule has 0 bridgehead atoms. The van der Waals surface area contributed by atoms with E-state index < -0.39 is 11.7 Å². The number of amides is 2. The van der Waals surface area contributed by atoms with Crippen LogP contribution in [0, 0.1) is 0 Å². The van der Waals surface area contributed by atoms with Gasteiger partial charge in [-0.15, -0.1) is 0 Å². The minimum Gasteiger partial charge on any atom is -0.447 e. The van der Waals surface area contributed by atoms with Gasteiger partial charge in [0.1, 0.15) is 5.60 Å². The lowest BCUT2D eigenvalue weighted by molar-refractivity contribution is 0.0528. The zero-order chi connectivity index (χ0) is 22.9. The molecular formula is C25H34N2O4. The Morgan fingerprint density at radius 1 is 0.839 bits per heavy atom. The second-order valence-corrected chi connectivity index (χ2v) is 8.71. The van der Waals surface area contributed by atoms with Crippen molar-refractivity contribution in [3.63, 3.8) is 0 Å². The molecule has 0 aliphatic rings. The number of ether oxygens (including phenoxy) is 2. The van der Waals surface area contributed by atoms with Crippen LogP contribution in [-0.2, 0) is 22.3 Å². The van der Waals surface area contributed by atoms with Gasteiger partial charge in [0, 0.05) is 13.1 Å². The third-order valence-electron chi connectivity index (χ3n) is 4.32. The molecule has 0 heterocycles. The number of rotatable bonds is 8. The van der Waals surface area contributed by atoms with Crippen molar-refractivity contribution in [2.75, 3.05) is 13.1 Å². The molecule has 0 radical (unpaired) electrons. The highest BCUT2D eigenvalue weighted by Gasteiger charge is 2.15. The van der Waals surface area contributed by atoms with E-state index in [0.717, 1.165) is 35.1 Å². The van der Waals surface area contributed by atoms with Crippen LogP contribution in [0.5, 0.6) is 0 Å². The molecule has 0 aliphatic carbocycles. The molecule has 6 nitrogen and oxygen atoms in total. The molecule has 6 heteroatoms. The fraction of sp³-hybridized carbons (Fsp3) is 0.440. The van der Waals surface area contributed by atoms with Crippen molar-refractivity contribution in [2.24, 2.45) is 0 Å². The van der Waals surface area contributed by atoms with Crippen LogP contribution >= 0.6 is 0 Å². The lowest BCUT2D eigenvalue weighted by Gasteiger charge is -2.19. The van der Waals surface area contributed by atoms with E-state index in [1.54, 1.807) is 0 Å². The number of hydrogen-bond donors (Lipinski definition) is 2. The average molecular weight is 427 g/mol. The van der Waals surface area contributed by atoms with Gasteiger partial charge in [0.15, 0.2) is 0 Å². The summed E-state index contributed by atoms with van der Waals surface area (Å²) in [5, 5.41) is 5.55. The zero-order valence-electron chi connectivity index (χ0n) is 19.2. The molecule has 168 valence electrons. The van der Waals surface area contributed by atoms with Crippen molar-refractivity contribution in [3.8, 4) is 11.1 Å². The molecule has 31 heavy (non-hydrogen) atoms. The largest absolute Gasteiger partial charge is 0.447 e. The molecule has 2 aromatic rings. The Labute approximate surface area is 185 Å². The Morgan fingerprint density at radius 2 is 1.45 bits per heavy atom. The van der Waals surface area contributed by atoms with Gasteiger partial charge in [-0.05, 0) is 69.7 Å². The topological polar surface area (TPSA) is 76.7 Å². The maximum Gasteiger partial charge on any atom is 0.407 e. The van der Waals surface area contributed by atoms with Gasteiger partial charge in [-0.25, -0.2) is 9.59 Å². The van der Waals surface area contributed by atoms with E-state index in [1.807, 2.05) is 40.7 Å². The maximum absolute atomic E-state index is 11.7. The molecule has 0 saturated carbocycles. The maximum atomic E-state index is 11.7. The Kier molecular flexibility index (Phi) is 8.91. The fourth-order valence-electron chi connectivity index (χ4n) is 2.96. The first-order chi connectivity index (χ1) is 14.6. The Hall–Kier alpha value is -3.02. The lowest BCUT2D eigenvalue weighted by Crippen LogP contribution is -2.33. The lowest BCUT2D eigenvalue weighted by atomic mass is 10.00. The van der Waals surface area contributed by atoms with Crippen LogP contribution in [0.1, 0.15) is 45.7 Å². The summed E-state index contributed by atoms with van der Waals surface area (Å²) in [7, 11) is 0. The number of nitrogens with one attached hydrogen (secondary N) is 2. The predicted molar refractivity (Wildman–Crippen MR) is 123 cm³/mol. The third-order valence-corrected chi connectivity index (χ3v) is 4.32. The van der Waals surface area contributed by atoms with Gasteiger partial charge >= 0.3 is 12.2 Å². The molecule has 2 N–H and O–H groups in total. The number of carbonyl (C=O) groups excluding carboxylic acids is 2. The molecule has 0 aliphatic heterocycles. The van der Waals surface area contributed by atoms with Crippen molar-refractivity contribution >= 4 is 12.2 Å². The summed E-state index contributed by atoms with van der Waals surface area (Å²) < 4.78 is 10.3. The van der Waals surface area contributed by atoms with Crippen molar-refractivity contribution in [1.82, 2.24) is 10.6 Å². The second kappa shape index (κ2) is 11.4. The summed E-state index contributed by atoms with van der Waals surface area (Å²) in [5.74, 6) is 0. The van der Waals surface area contributed by atoms with Crippen LogP contribution < -0.4 is 10.6 Å². The van der Waals surface area contributed by atoms with Crippen LogP contribution in [0.2, 0.25) is 0 Å². The van der Waals surface area contributed by atoms with Crippen LogP contribution in [0.25, 0.3) is 11.1 Å². The van der Waals surface area contributed by atoms with Gasteiger partial charge < -0.3 is 20.1 Å². The van der Waals surface area contributed by atoms with E-state index >= 15 is 0 Å². The molecule has 0 saturated heterocycles. The van der Waals surface area contributed by atoms with Crippen LogP contribution in [0.4, 0.5) is 9.59 Å². The second-order valence-electron chi connectivity index (χ2n) is 8.71. The van der Waals surface area contributed by atoms with Gasteiger partial charge in [-0.1, -0.05) is 48.5 Å². The van der Waals surface area contributed by atoms with E-state index in [9.17, 15) is 9.59 Å². The highest BCUT2D eigenvalue weighted by molar-refractivity contribution is 5.68. The normalized spacial score (nSPS) is 11.2. The molecule has 0 unspecified atom stereocenters. The first kappa shape index (κ1) is 24.3. The minimum absolute atomic E-state index is 0.126. The summed E-state index contributed by atoms with van der Waals surface area (Å²) in [4.78, 5) is 23.3. The third kappa shape index (κ3) is 9.55. The Morgan fingerprint density at radius 3 is 2.06 bits per heavy atom. The monoisotopic (exact) mass is 426 g/mol. The quantitative estimate of drug-likeness (QED) is 0.616. The molecule has 2 amide bonds. The Balaban J connectivity index is 1.85. The minimum atomic E-state index is -0.492. The van der Waals surface area contributed by atoms with Crippen molar-refractivity contribution < 1.29 is 19.1 Å². The summed E-state index contributed by atoms with van der Waals surface area (Å²) in [6, 6.07) is 16.6. The number of hydrogen-bond acceptors (Lipinski definition) is 4. The van der Waals surface area contributed by atoms with E-state index in [-0.39, 0.29) is 12.2 Å². The van der Waals surface area contributed by atoms with Gasteiger partial charge in [-0.2, -0.15) is 0 Å². The van der Waals surface area contributed by atoms with E-state index in [4.69, 9.17) is 9.47 Å². The van der Waals surface area contributed by atoms with Gasteiger partial charge in [0.2, 0.25) is 0 Å². The average Bonchev–Trinajstić information content (AvgIpc) is 2.67. The van der Waals surface area contributed by atoms with Crippen molar-refractivity contribution in [1.29, 1.82) is 0 Å². The van der Waals surface area contributed by atoms with Gasteiger partial charge in [0.25, 0.3) is 0 Å². The molecule has 2 rings (SSSR count). The summed E-state index contributed by atoms with van der Waals surface area (Å²) in [6.07, 6.45) is 0.558. The molecule has 2 aromatic carbocycles. The number of alkyl carbamates (subject to hydrolysis) is 2. The number of carbonyl (C=O) groups is 2. The van der Waals surface area contributed by atoms with Crippen LogP contribution in [0.3, 0.4) is 0 Å². The van der Waals surface area contributed by atoms with E-state index in [2.05, 4.69) is 53.1 Å². The van der Waals surface area contributed by atoms with Gasteiger partial charge in [0.05, 0.1) is 6.10 Å². The zero-order valence-corrected chi connectivity index (χ0v) is 19.2. The first-order valence-corrected chi connectivity index (χ1v) is 10.7. The summed E-state index contributed by atoms with van der Waals surface area (Å²) in [5.41, 5.74) is 4.05. The van der Waals surface area contributed by atoms with Gasteiger partial charge in [-0.3, -0.25) is 0 Å². The molecule has 0 fully saturated rings. The van der Waals surface area contributed by atoms with E-state index in [0.29, 0.717) is 13.1 Å². The molecule has 0 aromatic heterocycles. The fourth-order valence-corrected chi connectivity index (χ4v) is 2.96. The van der Waals surface area contributed by atoms with Crippen LogP contribution in [-0.4, -0.2) is 37.0 Å². The van der Waals surface area contributed by atoms with E-state index in [1.165, 1.54) is 0 Å². The summed E-state index contributed by atoms with van der Waals surface area (Å²) in [6.45, 7) is 10.2. The first-order valence-electron chi connectivity index (χ1n) is 10.7. The number of benzene rings is 2. The highest BCUT2D eigenvalue weighted by atomic mass is 16.6. The molecule has 0 atom stereocenters. The standard InChI is InChI=1S/C25H34N2O4/c1-18(2)30-23(28)26-16-14-20-7-6-8-22(17-20)21-11-9-19(10-12-21)13-15-27-24(29)31-25(3,4)5/h6-12,17-18H,13-16H2,1-5H3,(H,26,28)(H,27,29). The predicted octanol–water partition coefficient (Wildman–Crippen LogP) is 5.10. The Bertz CT molecular complexity index is 855. The highest BCUT2D eigenvalue weighted by Crippen LogP contribution is 2.21. The van der Waals surface area contributed by atoms with Crippen LogP contribution in [0.15, 0.2) is 48.5 Å². The van der Waals surface area contributed by atoms with Crippen molar-refractivity contribution in [3.05, 3.63) is 59.7 Å². The summed E-state index contributed by atoms with van der Waals surface area (Å²) >= 11 is 0. The SMILES string of the molecule is CC(C)OC(=O)NCCc1cccc(-c2ccc(CCNC(=O)OC(C)(C)C)cc2)c1. The van der Waals surface area contributed by atoms with Crippen molar-refractivity contribution in [2.45, 2.75) is 59.2 Å². The smallest absolute Gasteiger partial charge is 0.407 e.